The van der Waals surface area contributed by atoms with Crippen molar-refractivity contribution < 1.29 is 8.78 Å². The molecule has 120 valence electrons. The van der Waals surface area contributed by atoms with E-state index in [1.165, 1.54) is 18.2 Å². The highest BCUT2D eigenvalue weighted by atomic mass is 19.1. The molecule has 0 aliphatic carbocycles. The number of nitrogens with two attached hydrogens (primary N) is 2. The summed E-state index contributed by atoms with van der Waals surface area (Å²) in [4.78, 5) is 0. The van der Waals surface area contributed by atoms with Gasteiger partial charge in [0.25, 0.3) is 0 Å². The number of fused-ring (bicyclic) bond motifs is 2. The second kappa shape index (κ2) is 6.54. The van der Waals surface area contributed by atoms with Gasteiger partial charge in [-0.05, 0) is 29.0 Å². The van der Waals surface area contributed by atoms with Gasteiger partial charge in [-0.3, -0.25) is 0 Å². The van der Waals surface area contributed by atoms with E-state index in [-0.39, 0.29) is 17.3 Å². The first-order valence-corrected chi connectivity index (χ1v) is 7.43. The molecule has 0 heterocycles. The van der Waals surface area contributed by atoms with Gasteiger partial charge in [0.15, 0.2) is 0 Å². The molecule has 0 radical (unpaired) electrons. The Morgan fingerprint density at radius 2 is 1.25 bits per heavy atom. The quantitative estimate of drug-likeness (QED) is 0.441. The summed E-state index contributed by atoms with van der Waals surface area (Å²) in [6.07, 6.45) is 0. The zero-order chi connectivity index (χ0) is 17.1. The van der Waals surface area contributed by atoms with Gasteiger partial charge in [-0.15, -0.1) is 0 Å². The van der Waals surface area contributed by atoms with Crippen molar-refractivity contribution in [2.75, 3.05) is 11.5 Å². The summed E-state index contributed by atoms with van der Waals surface area (Å²) >= 11 is 0. The monoisotopic (exact) mass is 322 g/mol. The predicted octanol–water partition coefficient (Wildman–Crippen LogP) is 5.12. The fraction of sp³-hybridized carbons (Fsp3) is 0. The number of anilines is 2. The zero-order valence-corrected chi connectivity index (χ0v) is 12.8. The highest BCUT2D eigenvalue weighted by molar-refractivity contribution is 5.93. The lowest BCUT2D eigenvalue weighted by atomic mass is 10.1. The molecule has 0 aliphatic heterocycles. The van der Waals surface area contributed by atoms with Gasteiger partial charge in [-0.2, -0.15) is 0 Å². The molecule has 0 amide bonds. The third kappa shape index (κ3) is 3.13. The standard InChI is InChI=1S/2C10H8FN/c11-8-5-7-3-1-2-4-9(7)10(12)6-8;11-9-6-5-7-3-1-2-4-8(7)10(9)12/h2*1-6H,12H2. The molecule has 4 N–H and O–H groups in total. The van der Waals surface area contributed by atoms with Crippen LogP contribution in [0, 0.1) is 11.6 Å². The topological polar surface area (TPSA) is 52.0 Å². The molecule has 24 heavy (non-hydrogen) atoms. The summed E-state index contributed by atoms with van der Waals surface area (Å²) in [5.41, 5.74) is 11.9. The summed E-state index contributed by atoms with van der Waals surface area (Å²) in [6, 6.07) is 20.9. The van der Waals surface area contributed by atoms with Crippen molar-refractivity contribution in [2.45, 2.75) is 0 Å². The minimum Gasteiger partial charge on any atom is -0.398 e. The van der Waals surface area contributed by atoms with Crippen LogP contribution in [-0.4, -0.2) is 0 Å². The molecule has 2 nitrogen and oxygen atoms in total. The van der Waals surface area contributed by atoms with Gasteiger partial charge in [0.2, 0.25) is 0 Å². The predicted molar refractivity (Wildman–Crippen MR) is 96.6 cm³/mol. The first-order valence-electron chi connectivity index (χ1n) is 7.43. The van der Waals surface area contributed by atoms with Crippen LogP contribution in [0.3, 0.4) is 0 Å². The second-order valence-corrected chi connectivity index (χ2v) is 5.40. The highest BCUT2D eigenvalue weighted by Gasteiger charge is 2.01. The molecule has 0 unspecified atom stereocenters. The lowest BCUT2D eigenvalue weighted by Gasteiger charge is -2.01. The Hall–Kier alpha value is -3.14. The molecule has 4 aromatic carbocycles. The molecule has 0 saturated heterocycles. The molecule has 0 atom stereocenters. The number of hydrogen-bond acceptors (Lipinski definition) is 2. The molecule has 0 fully saturated rings. The van der Waals surface area contributed by atoms with E-state index in [2.05, 4.69) is 0 Å². The Bertz CT molecular complexity index is 1010. The van der Waals surface area contributed by atoms with E-state index in [0.29, 0.717) is 5.69 Å². The normalized spacial score (nSPS) is 10.4. The maximum absolute atomic E-state index is 12.9. The summed E-state index contributed by atoms with van der Waals surface area (Å²) < 4.78 is 25.7. The maximum atomic E-state index is 12.9. The lowest BCUT2D eigenvalue weighted by Crippen LogP contribution is -1.90. The van der Waals surface area contributed by atoms with E-state index in [4.69, 9.17) is 11.5 Å². The van der Waals surface area contributed by atoms with Crippen LogP contribution in [0.1, 0.15) is 0 Å². The van der Waals surface area contributed by atoms with Crippen molar-refractivity contribution in [3.63, 3.8) is 0 Å². The van der Waals surface area contributed by atoms with Crippen molar-refractivity contribution in [3.05, 3.63) is 84.4 Å². The van der Waals surface area contributed by atoms with Crippen LogP contribution in [0.4, 0.5) is 20.2 Å². The number of benzene rings is 4. The van der Waals surface area contributed by atoms with Gasteiger partial charge >= 0.3 is 0 Å². The molecule has 0 bridgehead atoms. The molecule has 0 spiro atoms. The number of hydrogen-bond donors (Lipinski definition) is 2. The van der Waals surface area contributed by atoms with E-state index in [9.17, 15) is 8.78 Å². The van der Waals surface area contributed by atoms with Gasteiger partial charge in [-0.25, -0.2) is 8.78 Å². The van der Waals surface area contributed by atoms with Crippen molar-refractivity contribution in [3.8, 4) is 0 Å². The van der Waals surface area contributed by atoms with Gasteiger partial charge in [0, 0.05) is 16.5 Å². The smallest absolute Gasteiger partial charge is 0.146 e. The third-order valence-corrected chi connectivity index (χ3v) is 3.78. The Labute approximate surface area is 138 Å². The minimum atomic E-state index is -0.353. The molecule has 4 aromatic rings. The van der Waals surface area contributed by atoms with Crippen LogP contribution in [-0.2, 0) is 0 Å². The SMILES string of the molecule is Nc1c(F)ccc2ccccc12.Nc1cc(F)cc2ccccc12. The largest absolute Gasteiger partial charge is 0.398 e. The number of nitrogen functional groups attached to an aromatic ring is 2. The van der Waals surface area contributed by atoms with Crippen LogP contribution >= 0.6 is 0 Å². The average Bonchev–Trinajstić information content (AvgIpc) is 2.59. The molecule has 0 saturated carbocycles. The van der Waals surface area contributed by atoms with E-state index < -0.39 is 0 Å². The van der Waals surface area contributed by atoms with E-state index in [0.717, 1.165) is 21.5 Å². The summed E-state index contributed by atoms with van der Waals surface area (Å²) in [5.74, 6) is -0.639. The molecule has 4 rings (SSSR count). The first kappa shape index (κ1) is 15.7. The summed E-state index contributed by atoms with van der Waals surface area (Å²) in [5, 5.41) is 3.49. The van der Waals surface area contributed by atoms with Gasteiger partial charge in [0.05, 0.1) is 5.69 Å². The zero-order valence-electron chi connectivity index (χ0n) is 12.8. The molecular formula is C20H16F2N2. The highest BCUT2D eigenvalue weighted by Crippen LogP contribution is 2.23. The fourth-order valence-electron chi connectivity index (χ4n) is 2.57. The van der Waals surface area contributed by atoms with Crippen LogP contribution in [0.15, 0.2) is 72.8 Å². The van der Waals surface area contributed by atoms with E-state index >= 15 is 0 Å². The van der Waals surface area contributed by atoms with Crippen LogP contribution < -0.4 is 11.5 Å². The van der Waals surface area contributed by atoms with E-state index in [1.807, 2.05) is 48.5 Å². The van der Waals surface area contributed by atoms with Gasteiger partial charge in [-0.1, -0.05) is 54.6 Å². The maximum Gasteiger partial charge on any atom is 0.146 e. The second-order valence-electron chi connectivity index (χ2n) is 5.40. The Morgan fingerprint density at radius 3 is 2.00 bits per heavy atom. The lowest BCUT2D eigenvalue weighted by molar-refractivity contribution is 0.630. The molecule has 0 aromatic heterocycles. The summed E-state index contributed by atoms with van der Waals surface area (Å²) in [7, 11) is 0. The Morgan fingerprint density at radius 1 is 0.625 bits per heavy atom. The van der Waals surface area contributed by atoms with Crippen molar-refractivity contribution in [2.24, 2.45) is 0 Å². The number of halogens is 2. The van der Waals surface area contributed by atoms with Gasteiger partial charge in [0.1, 0.15) is 11.6 Å². The first-order chi connectivity index (χ1) is 11.6. The van der Waals surface area contributed by atoms with Gasteiger partial charge < -0.3 is 11.5 Å². The van der Waals surface area contributed by atoms with Crippen molar-refractivity contribution in [1.29, 1.82) is 0 Å². The van der Waals surface area contributed by atoms with Crippen molar-refractivity contribution in [1.82, 2.24) is 0 Å². The van der Waals surface area contributed by atoms with E-state index in [1.54, 1.807) is 6.07 Å². The summed E-state index contributed by atoms with van der Waals surface area (Å²) in [6.45, 7) is 0. The average molecular weight is 322 g/mol. The number of rotatable bonds is 0. The molecule has 4 heteroatoms. The van der Waals surface area contributed by atoms with Crippen LogP contribution in [0.25, 0.3) is 21.5 Å². The Kier molecular flexibility index (Phi) is 4.29. The fourth-order valence-corrected chi connectivity index (χ4v) is 2.57. The Balaban J connectivity index is 0.000000141. The van der Waals surface area contributed by atoms with Crippen LogP contribution in [0.5, 0.6) is 0 Å². The minimum absolute atomic E-state index is 0.230. The van der Waals surface area contributed by atoms with Crippen LogP contribution in [0.2, 0.25) is 0 Å². The molecule has 0 aliphatic rings. The van der Waals surface area contributed by atoms with Crippen molar-refractivity contribution >= 4 is 32.9 Å². The molecular weight excluding hydrogens is 306 g/mol. The third-order valence-electron chi connectivity index (χ3n) is 3.78.